The molecular formula is C25H26N2O3. The van der Waals surface area contributed by atoms with Gasteiger partial charge in [0.2, 0.25) is 0 Å². The van der Waals surface area contributed by atoms with Crippen LogP contribution in [0.25, 0.3) is 27.7 Å². The number of nitrogens with zero attached hydrogens (tertiary/aromatic N) is 2. The molecule has 5 heteroatoms. The average molecular weight is 402 g/mol. The number of hydrogen-bond donors (Lipinski definition) is 1. The summed E-state index contributed by atoms with van der Waals surface area (Å²) in [5.74, 6) is 0.385. The van der Waals surface area contributed by atoms with Crippen LogP contribution < -0.4 is 4.74 Å². The summed E-state index contributed by atoms with van der Waals surface area (Å²) in [6.07, 6.45) is 11.1. The molecule has 1 N–H and O–H groups in total. The van der Waals surface area contributed by atoms with Crippen molar-refractivity contribution in [2.45, 2.75) is 13.8 Å². The number of allylic oxidation sites excluding steroid dienone is 5. The zero-order valence-electron chi connectivity index (χ0n) is 17.7. The van der Waals surface area contributed by atoms with Gasteiger partial charge < -0.3 is 9.84 Å². The van der Waals surface area contributed by atoms with E-state index >= 15 is 0 Å². The minimum absolute atomic E-state index is 0.0839. The lowest BCUT2D eigenvalue weighted by Gasteiger charge is -2.14. The number of ketones is 1. The number of benzene rings is 1. The lowest BCUT2D eigenvalue weighted by Crippen LogP contribution is -2.03. The molecule has 0 radical (unpaired) electrons. The van der Waals surface area contributed by atoms with Crippen molar-refractivity contribution in [3.8, 4) is 17.0 Å². The van der Waals surface area contributed by atoms with Crippen molar-refractivity contribution in [2.75, 3.05) is 14.2 Å². The molecule has 0 spiro atoms. The van der Waals surface area contributed by atoms with Crippen LogP contribution in [0.15, 0.2) is 73.6 Å². The Balaban J connectivity index is 0.00000155. The molecule has 3 rings (SSSR count). The fraction of sp³-hybridized carbons (Fsp3) is 0.160. The van der Waals surface area contributed by atoms with Crippen molar-refractivity contribution in [3.63, 3.8) is 0 Å². The largest absolute Gasteiger partial charge is 0.494 e. The van der Waals surface area contributed by atoms with Gasteiger partial charge in [-0.25, -0.2) is 4.98 Å². The van der Waals surface area contributed by atoms with E-state index in [1.54, 1.807) is 31.6 Å². The normalized spacial score (nSPS) is 11.2. The molecule has 0 unspecified atom stereocenters. The second-order valence-electron chi connectivity index (χ2n) is 6.25. The number of methoxy groups -OCH3 is 1. The lowest BCUT2D eigenvalue weighted by molar-refractivity contribution is 0.101. The van der Waals surface area contributed by atoms with Crippen molar-refractivity contribution in [1.82, 2.24) is 9.97 Å². The van der Waals surface area contributed by atoms with Gasteiger partial charge >= 0.3 is 0 Å². The molecule has 2 heterocycles. The lowest BCUT2D eigenvalue weighted by atomic mass is 9.98. The quantitative estimate of drug-likeness (QED) is 0.450. The molecule has 1 aromatic carbocycles. The van der Waals surface area contributed by atoms with Crippen LogP contribution in [-0.2, 0) is 0 Å². The molecule has 0 bridgehead atoms. The van der Waals surface area contributed by atoms with E-state index in [-0.39, 0.29) is 5.78 Å². The molecule has 2 aromatic heterocycles. The number of aliphatic hydroxyl groups is 1. The smallest absolute Gasteiger partial charge is 0.164 e. The van der Waals surface area contributed by atoms with Gasteiger partial charge in [-0.1, -0.05) is 55.1 Å². The zero-order valence-corrected chi connectivity index (χ0v) is 17.7. The Morgan fingerprint density at radius 3 is 2.43 bits per heavy atom. The van der Waals surface area contributed by atoms with E-state index in [1.807, 2.05) is 49.4 Å². The molecule has 0 atom stereocenters. The number of hydrogen-bond acceptors (Lipinski definition) is 5. The first kappa shape index (κ1) is 22.7. The van der Waals surface area contributed by atoms with Crippen molar-refractivity contribution in [2.24, 2.45) is 0 Å². The summed E-state index contributed by atoms with van der Waals surface area (Å²) in [7, 11) is 2.56. The highest BCUT2D eigenvalue weighted by atomic mass is 16.5. The summed E-state index contributed by atoms with van der Waals surface area (Å²) in [6, 6.07) is 9.82. The van der Waals surface area contributed by atoms with E-state index in [0.717, 1.165) is 23.8 Å². The number of fused-ring (bicyclic) bond motifs is 1. The van der Waals surface area contributed by atoms with Crippen molar-refractivity contribution in [1.29, 1.82) is 0 Å². The van der Waals surface area contributed by atoms with Crippen LogP contribution >= 0.6 is 0 Å². The Kier molecular flexibility index (Phi) is 8.20. The van der Waals surface area contributed by atoms with Crippen LogP contribution in [0.5, 0.6) is 5.75 Å². The molecule has 154 valence electrons. The molecule has 0 amide bonds. The number of carbonyl (C=O) groups is 1. The fourth-order valence-corrected chi connectivity index (χ4v) is 3.21. The van der Waals surface area contributed by atoms with Gasteiger partial charge in [-0.15, -0.1) is 0 Å². The predicted octanol–water partition coefficient (Wildman–Crippen LogP) is 5.26. The molecule has 0 aliphatic carbocycles. The van der Waals surface area contributed by atoms with Crippen molar-refractivity contribution < 1.29 is 14.6 Å². The third-order valence-corrected chi connectivity index (χ3v) is 4.43. The third-order valence-electron chi connectivity index (χ3n) is 4.43. The topological polar surface area (TPSA) is 72.3 Å². The molecule has 0 saturated heterocycles. The summed E-state index contributed by atoms with van der Waals surface area (Å²) >= 11 is 0. The van der Waals surface area contributed by atoms with Crippen LogP contribution in [0.1, 0.15) is 29.8 Å². The van der Waals surface area contributed by atoms with Gasteiger partial charge in [0, 0.05) is 30.5 Å². The Morgan fingerprint density at radius 2 is 1.87 bits per heavy atom. The molecular weight excluding hydrogens is 376 g/mol. The molecule has 0 aliphatic rings. The standard InChI is InChI=1S/C24H22N2O2.CH4O/c1-5-7-17(8-6-2)18-9-11-19(12-10-18)23-24(28-4)22(16(3)27)20-15-25-14-13-21(20)26-23;1-2/h5-15H,1H2,2-4H3;2H,1H3/b8-6-,17-7+;. The molecule has 3 aromatic rings. The summed E-state index contributed by atoms with van der Waals surface area (Å²) < 4.78 is 5.61. The van der Waals surface area contributed by atoms with E-state index in [2.05, 4.69) is 11.6 Å². The third kappa shape index (κ3) is 4.70. The Hall–Kier alpha value is -3.57. The monoisotopic (exact) mass is 402 g/mol. The minimum Gasteiger partial charge on any atom is -0.494 e. The van der Waals surface area contributed by atoms with E-state index < -0.39 is 0 Å². The van der Waals surface area contributed by atoms with Gasteiger partial charge in [0.05, 0.1) is 18.2 Å². The number of rotatable bonds is 6. The minimum atomic E-state index is -0.0839. The Bertz CT molecular complexity index is 1100. The van der Waals surface area contributed by atoms with E-state index in [4.69, 9.17) is 14.8 Å². The van der Waals surface area contributed by atoms with Crippen molar-refractivity contribution >= 4 is 22.3 Å². The zero-order chi connectivity index (χ0) is 22.1. The number of carbonyl (C=O) groups excluding carboxylic acids is 1. The highest BCUT2D eigenvalue weighted by molar-refractivity contribution is 6.10. The summed E-state index contributed by atoms with van der Waals surface area (Å²) in [4.78, 5) is 21.2. The van der Waals surface area contributed by atoms with Crippen LogP contribution in [0.3, 0.4) is 0 Å². The Morgan fingerprint density at radius 1 is 1.17 bits per heavy atom. The molecule has 0 aliphatic heterocycles. The maximum Gasteiger partial charge on any atom is 0.164 e. The predicted molar refractivity (Wildman–Crippen MR) is 123 cm³/mol. The maximum absolute atomic E-state index is 12.3. The van der Waals surface area contributed by atoms with Gasteiger partial charge in [0.1, 0.15) is 5.69 Å². The van der Waals surface area contributed by atoms with Gasteiger partial charge in [-0.3, -0.25) is 9.78 Å². The van der Waals surface area contributed by atoms with Gasteiger partial charge in [0.25, 0.3) is 0 Å². The molecule has 0 fully saturated rings. The second kappa shape index (κ2) is 10.8. The van der Waals surface area contributed by atoms with Crippen LogP contribution in [0.4, 0.5) is 0 Å². The first-order valence-electron chi connectivity index (χ1n) is 9.44. The number of pyridine rings is 2. The summed E-state index contributed by atoms with van der Waals surface area (Å²) in [5, 5.41) is 7.69. The van der Waals surface area contributed by atoms with Gasteiger partial charge in [-0.05, 0) is 31.1 Å². The number of aliphatic hydroxyl groups excluding tert-OH is 1. The maximum atomic E-state index is 12.3. The fourth-order valence-electron chi connectivity index (χ4n) is 3.21. The van der Waals surface area contributed by atoms with Crippen molar-refractivity contribution in [3.05, 3.63) is 84.7 Å². The van der Waals surface area contributed by atoms with Crippen LogP contribution in [-0.4, -0.2) is 35.1 Å². The first-order valence-corrected chi connectivity index (χ1v) is 9.44. The molecule has 0 saturated carbocycles. The Labute approximate surface area is 177 Å². The first-order chi connectivity index (χ1) is 14.6. The van der Waals surface area contributed by atoms with E-state index in [1.165, 1.54) is 6.92 Å². The SMILES string of the molecule is C=C/C=C(\C=C/C)c1ccc(-c2nc3ccncc3c(C(C)=O)c2OC)cc1.CO. The van der Waals surface area contributed by atoms with E-state index in [9.17, 15) is 4.79 Å². The number of Topliss-reactive ketones (excluding diaryl/α,β-unsaturated/α-hetero) is 1. The highest BCUT2D eigenvalue weighted by Gasteiger charge is 2.20. The van der Waals surface area contributed by atoms with Gasteiger partial charge in [0.15, 0.2) is 11.5 Å². The highest BCUT2D eigenvalue weighted by Crippen LogP contribution is 2.36. The van der Waals surface area contributed by atoms with E-state index in [0.29, 0.717) is 27.9 Å². The van der Waals surface area contributed by atoms with Crippen LogP contribution in [0.2, 0.25) is 0 Å². The number of ether oxygens (including phenoxy) is 1. The van der Waals surface area contributed by atoms with Gasteiger partial charge in [-0.2, -0.15) is 0 Å². The number of aromatic nitrogens is 2. The molecule has 5 nitrogen and oxygen atoms in total. The second-order valence-corrected chi connectivity index (χ2v) is 6.25. The van der Waals surface area contributed by atoms with Crippen LogP contribution in [0, 0.1) is 0 Å². The summed E-state index contributed by atoms with van der Waals surface area (Å²) in [6.45, 7) is 7.29. The molecule has 30 heavy (non-hydrogen) atoms. The summed E-state index contributed by atoms with van der Waals surface area (Å²) in [5.41, 5.74) is 4.86. The average Bonchev–Trinajstić information content (AvgIpc) is 2.79.